The second kappa shape index (κ2) is 11.5. The molecule has 0 fully saturated rings. The number of benzene rings is 3. The highest BCUT2D eigenvalue weighted by atomic mass is 79.9. The van der Waals surface area contributed by atoms with Gasteiger partial charge in [-0.2, -0.15) is 0 Å². The molecular weight excluding hydrogens is 522 g/mol. The Labute approximate surface area is 217 Å². The van der Waals surface area contributed by atoms with E-state index in [4.69, 9.17) is 4.74 Å². The van der Waals surface area contributed by atoms with E-state index < -0.39 is 0 Å². The number of carbonyl (C=O) groups is 1. The highest BCUT2D eigenvalue weighted by molar-refractivity contribution is 9.10. The first-order valence-corrected chi connectivity index (χ1v) is 12.5. The minimum absolute atomic E-state index is 0.104. The number of carbonyl (C=O) groups excluding carboxylic acids is 1. The number of hydrogen-bond acceptors (Lipinski definition) is 4. The number of halogens is 1. The highest BCUT2D eigenvalue weighted by Gasteiger charge is 2.15. The molecule has 4 aromatic rings. The summed E-state index contributed by atoms with van der Waals surface area (Å²) in [4.78, 5) is 39.2. The van der Waals surface area contributed by atoms with Gasteiger partial charge in [0.25, 0.3) is 11.5 Å². The number of hydrogen-bond donors (Lipinski definition) is 1. The van der Waals surface area contributed by atoms with Crippen LogP contribution in [0.15, 0.2) is 80.8 Å². The molecule has 36 heavy (non-hydrogen) atoms. The number of fused-ring (bicyclic) bond motifs is 1. The van der Waals surface area contributed by atoms with Crippen LogP contribution in [0, 0.1) is 6.92 Å². The molecule has 0 aliphatic rings. The molecule has 4 rings (SSSR count). The van der Waals surface area contributed by atoms with Crippen molar-refractivity contribution in [2.24, 2.45) is 0 Å². The van der Waals surface area contributed by atoms with Crippen molar-refractivity contribution in [1.29, 1.82) is 0 Å². The quantitative estimate of drug-likeness (QED) is 0.319. The number of ether oxygens (including phenoxy) is 1. The van der Waals surface area contributed by atoms with E-state index in [0.717, 1.165) is 27.6 Å². The predicted octanol–water partition coefficient (Wildman–Crippen LogP) is 4.10. The van der Waals surface area contributed by atoms with Gasteiger partial charge in [-0.15, -0.1) is 0 Å². The number of nitrogens with zero attached hydrogens (tertiary/aromatic N) is 2. The van der Waals surface area contributed by atoms with E-state index in [2.05, 4.69) is 21.2 Å². The minimum atomic E-state index is -0.383. The first-order valence-electron chi connectivity index (χ1n) is 11.7. The van der Waals surface area contributed by atoms with Gasteiger partial charge < -0.3 is 10.1 Å². The SMILES string of the molecule is COCCCNC(=O)c1ccc(Cn2c(=O)c3ccc(Br)cc3n(Cc3ccc(C)cc3)c2=O)cc1. The smallest absolute Gasteiger partial charge is 0.332 e. The third-order valence-electron chi connectivity index (χ3n) is 6.02. The molecule has 1 N–H and O–H groups in total. The van der Waals surface area contributed by atoms with Crippen molar-refractivity contribution >= 4 is 32.7 Å². The lowest BCUT2D eigenvalue weighted by molar-refractivity contribution is 0.0948. The molecule has 0 bridgehead atoms. The van der Waals surface area contributed by atoms with Crippen molar-refractivity contribution in [3.05, 3.63) is 114 Å². The summed E-state index contributed by atoms with van der Waals surface area (Å²) in [5.74, 6) is -0.174. The average molecular weight is 550 g/mol. The Bertz CT molecular complexity index is 1490. The van der Waals surface area contributed by atoms with Crippen molar-refractivity contribution in [1.82, 2.24) is 14.5 Å². The maximum Gasteiger partial charge on any atom is 0.332 e. The monoisotopic (exact) mass is 549 g/mol. The van der Waals surface area contributed by atoms with E-state index in [0.29, 0.717) is 36.2 Å². The second-order valence-corrected chi connectivity index (χ2v) is 9.62. The molecule has 1 heterocycles. The molecule has 7 nitrogen and oxygen atoms in total. The van der Waals surface area contributed by atoms with Crippen molar-refractivity contribution < 1.29 is 9.53 Å². The second-order valence-electron chi connectivity index (χ2n) is 8.71. The van der Waals surface area contributed by atoms with E-state index in [1.165, 1.54) is 4.57 Å². The molecule has 0 unspecified atom stereocenters. The van der Waals surface area contributed by atoms with Crippen LogP contribution in [0.5, 0.6) is 0 Å². The van der Waals surface area contributed by atoms with E-state index in [9.17, 15) is 14.4 Å². The molecule has 8 heteroatoms. The van der Waals surface area contributed by atoms with E-state index in [1.807, 2.05) is 31.2 Å². The molecule has 0 spiro atoms. The van der Waals surface area contributed by atoms with Gasteiger partial charge in [0.1, 0.15) is 0 Å². The lowest BCUT2D eigenvalue weighted by atomic mass is 10.1. The van der Waals surface area contributed by atoms with Crippen LogP contribution in [0.4, 0.5) is 0 Å². The topological polar surface area (TPSA) is 82.3 Å². The number of methoxy groups -OCH3 is 1. The van der Waals surface area contributed by atoms with Gasteiger partial charge in [-0.1, -0.05) is 57.9 Å². The Hall–Kier alpha value is -3.49. The molecule has 186 valence electrons. The van der Waals surface area contributed by atoms with Crippen LogP contribution in [-0.2, 0) is 17.8 Å². The van der Waals surface area contributed by atoms with Gasteiger partial charge in [-0.25, -0.2) is 4.79 Å². The standard InChI is InChI=1S/C28H28BrN3O4/c1-19-4-6-20(7-5-19)17-31-25-16-23(29)12-13-24(25)27(34)32(28(31)35)18-21-8-10-22(11-9-21)26(33)30-14-3-15-36-2/h4-13,16H,3,14-15,17-18H2,1-2H3,(H,30,33). The van der Waals surface area contributed by atoms with Crippen LogP contribution in [0.1, 0.15) is 33.5 Å². The molecule has 0 atom stereocenters. The molecular formula is C28H28BrN3O4. The fraction of sp³-hybridized carbons (Fsp3) is 0.250. The Balaban J connectivity index is 1.66. The molecule has 0 aliphatic heterocycles. The van der Waals surface area contributed by atoms with Crippen LogP contribution in [0.25, 0.3) is 10.9 Å². The fourth-order valence-corrected chi connectivity index (χ4v) is 4.37. The zero-order valence-electron chi connectivity index (χ0n) is 20.3. The third-order valence-corrected chi connectivity index (χ3v) is 6.51. The molecule has 0 saturated heterocycles. The Morgan fingerprint density at radius 1 is 0.917 bits per heavy atom. The Morgan fingerprint density at radius 3 is 2.22 bits per heavy atom. The fourth-order valence-electron chi connectivity index (χ4n) is 4.02. The van der Waals surface area contributed by atoms with E-state index in [-0.39, 0.29) is 23.7 Å². The summed E-state index contributed by atoms with van der Waals surface area (Å²) in [7, 11) is 1.62. The summed E-state index contributed by atoms with van der Waals surface area (Å²) >= 11 is 3.46. The summed E-state index contributed by atoms with van der Waals surface area (Å²) in [6.07, 6.45) is 0.733. The summed E-state index contributed by atoms with van der Waals surface area (Å²) < 4.78 is 8.67. The van der Waals surface area contributed by atoms with Crippen LogP contribution in [0.3, 0.4) is 0 Å². The predicted molar refractivity (Wildman–Crippen MR) is 145 cm³/mol. The van der Waals surface area contributed by atoms with Crippen molar-refractivity contribution in [3.63, 3.8) is 0 Å². The molecule has 1 amide bonds. The molecule has 0 radical (unpaired) electrons. The van der Waals surface area contributed by atoms with Crippen molar-refractivity contribution in [3.8, 4) is 0 Å². The number of aryl methyl sites for hydroxylation is 1. The number of amides is 1. The van der Waals surface area contributed by atoms with Gasteiger partial charge >= 0.3 is 5.69 Å². The molecule has 0 saturated carbocycles. The Kier molecular flexibility index (Phi) is 8.18. The summed E-state index contributed by atoms with van der Waals surface area (Å²) in [6.45, 7) is 3.57. The van der Waals surface area contributed by atoms with Gasteiger partial charge in [-0.05, 0) is 54.8 Å². The summed E-state index contributed by atoms with van der Waals surface area (Å²) in [5, 5.41) is 3.32. The average Bonchev–Trinajstić information content (AvgIpc) is 2.88. The molecule has 3 aromatic carbocycles. The van der Waals surface area contributed by atoms with Crippen LogP contribution in [0.2, 0.25) is 0 Å². The zero-order chi connectivity index (χ0) is 25.7. The van der Waals surface area contributed by atoms with Crippen LogP contribution >= 0.6 is 15.9 Å². The number of aromatic nitrogens is 2. The lowest BCUT2D eigenvalue weighted by Gasteiger charge is -2.15. The highest BCUT2D eigenvalue weighted by Crippen LogP contribution is 2.18. The maximum atomic E-state index is 13.6. The van der Waals surface area contributed by atoms with Crippen molar-refractivity contribution in [2.75, 3.05) is 20.3 Å². The Morgan fingerprint density at radius 2 is 1.56 bits per heavy atom. The largest absolute Gasteiger partial charge is 0.385 e. The summed E-state index contributed by atoms with van der Waals surface area (Å²) in [6, 6.07) is 20.3. The van der Waals surface area contributed by atoms with Gasteiger partial charge in [0.05, 0.1) is 24.0 Å². The van der Waals surface area contributed by atoms with Gasteiger partial charge in [0.2, 0.25) is 0 Å². The third kappa shape index (κ3) is 5.83. The van der Waals surface area contributed by atoms with Gasteiger partial charge in [0.15, 0.2) is 0 Å². The van der Waals surface area contributed by atoms with Crippen LogP contribution < -0.4 is 16.6 Å². The van der Waals surface area contributed by atoms with Crippen molar-refractivity contribution in [2.45, 2.75) is 26.4 Å². The maximum absolute atomic E-state index is 13.6. The first-order chi connectivity index (χ1) is 17.4. The lowest BCUT2D eigenvalue weighted by Crippen LogP contribution is -2.40. The number of rotatable bonds is 9. The van der Waals surface area contributed by atoms with Gasteiger partial charge in [0, 0.05) is 30.3 Å². The van der Waals surface area contributed by atoms with Crippen LogP contribution in [-0.4, -0.2) is 35.3 Å². The normalized spacial score (nSPS) is 11.1. The minimum Gasteiger partial charge on any atom is -0.385 e. The molecule has 1 aromatic heterocycles. The number of nitrogens with one attached hydrogen (secondary N) is 1. The summed E-state index contributed by atoms with van der Waals surface area (Å²) in [5.41, 5.74) is 3.23. The molecule has 0 aliphatic carbocycles. The van der Waals surface area contributed by atoms with Gasteiger partial charge in [-0.3, -0.25) is 18.7 Å². The zero-order valence-corrected chi connectivity index (χ0v) is 21.9. The first kappa shape index (κ1) is 25.6. The van der Waals surface area contributed by atoms with E-state index >= 15 is 0 Å². The van der Waals surface area contributed by atoms with E-state index in [1.54, 1.807) is 54.1 Å².